The topological polar surface area (TPSA) is 39.7 Å². The third-order valence-corrected chi connectivity index (χ3v) is 5.57. The van der Waals surface area contributed by atoms with Crippen LogP contribution in [0.15, 0.2) is 65.7 Å². The Balaban J connectivity index is 0.00000300. The maximum Gasteiger partial charge on any atom is 0.191 e. The van der Waals surface area contributed by atoms with Crippen molar-refractivity contribution in [1.29, 1.82) is 0 Å². The highest BCUT2D eigenvalue weighted by Crippen LogP contribution is 2.23. The van der Waals surface area contributed by atoms with E-state index in [1.807, 2.05) is 7.05 Å². The van der Waals surface area contributed by atoms with E-state index in [0.29, 0.717) is 11.8 Å². The van der Waals surface area contributed by atoms with Crippen molar-refractivity contribution in [2.75, 3.05) is 39.8 Å². The minimum atomic E-state index is 0. The molecule has 1 atom stereocenters. The molecule has 1 saturated heterocycles. The molecule has 1 aliphatic rings. The summed E-state index contributed by atoms with van der Waals surface area (Å²) >= 11 is 0. The summed E-state index contributed by atoms with van der Waals surface area (Å²) in [5.41, 5.74) is 2.64. The molecule has 0 amide bonds. The highest BCUT2D eigenvalue weighted by molar-refractivity contribution is 14.0. The van der Waals surface area contributed by atoms with E-state index < -0.39 is 0 Å². The van der Waals surface area contributed by atoms with Gasteiger partial charge in [0.25, 0.3) is 0 Å². The normalized spacial score (nSPS) is 17.2. The summed E-state index contributed by atoms with van der Waals surface area (Å²) in [6, 6.07) is 21.4. The maximum absolute atomic E-state index is 4.44. The molecule has 0 spiro atoms. The van der Waals surface area contributed by atoms with Gasteiger partial charge in [0.1, 0.15) is 0 Å². The molecular formula is C24H35IN4. The molecule has 0 aliphatic carbocycles. The van der Waals surface area contributed by atoms with Gasteiger partial charge in [-0.1, -0.05) is 67.6 Å². The summed E-state index contributed by atoms with van der Waals surface area (Å²) in [6.45, 7) is 7.72. The minimum absolute atomic E-state index is 0. The van der Waals surface area contributed by atoms with Crippen LogP contribution in [0, 0.1) is 5.92 Å². The smallest absolute Gasteiger partial charge is 0.191 e. The lowest BCUT2D eigenvalue weighted by atomic mass is 9.91. The third-order valence-electron chi connectivity index (χ3n) is 5.57. The number of rotatable bonds is 8. The second kappa shape index (κ2) is 12.9. The molecule has 1 fully saturated rings. The molecule has 1 heterocycles. The van der Waals surface area contributed by atoms with Gasteiger partial charge in [-0.05, 0) is 43.0 Å². The SMILES string of the molecule is CCCN1CCC(CNC(=NC)NCC(c2ccccc2)c2ccccc2)C1.I. The molecule has 29 heavy (non-hydrogen) atoms. The monoisotopic (exact) mass is 506 g/mol. The van der Waals surface area contributed by atoms with E-state index in [2.05, 4.69) is 88.1 Å². The number of benzene rings is 2. The second-order valence-corrected chi connectivity index (χ2v) is 7.66. The zero-order chi connectivity index (χ0) is 19.6. The average molecular weight is 506 g/mol. The lowest BCUT2D eigenvalue weighted by molar-refractivity contribution is 0.324. The highest BCUT2D eigenvalue weighted by Gasteiger charge is 2.22. The van der Waals surface area contributed by atoms with Crippen molar-refractivity contribution in [2.24, 2.45) is 10.9 Å². The van der Waals surface area contributed by atoms with Crippen LogP contribution in [0.4, 0.5) is 0 Å². The summed E-state index contributed by atoms with van der Waals surface area (Å²) < 4.78 is 0. The molecule has 2 aromatic carbocycles. The van der Waals surface area contributed by atoms with E-state index in [1.165, 1.54) is 43.6 Å². The zero-order valence-electron chi connectivity index (χ0n) is 17.7. The van der Waals surface area contributed by atoms with Crippen molar-refractivity contribution in [2.45, 2.75) is 25.7 Å². The molecule has 0 aromatic heterocycles. The van der Waals surface area contributed by atoms with Crippen LogP contribution in [-0.2, 0) is 0 Å². The van der Waals surface area contributed by atoms with Gasteiger partial charge in [0.05, 0.1) is 0 Å². The number of hydrogen-bond acceptors (Lipinski definition) is 2. The molecule has 0 bridgehead atoms. The summed E-state index contributed by atoms with van der Waals surface area (Å²) in [4.78, 5) is 7.02. The van der Waals surface area contributed by atoms with E-state index in [1.54, 1.807) is 0 Å². The number of hydrogen-bond donors (Lipinski definition) is 2. The van der Waals surface area contributed by atoms with Crippen LogP contribution in [0.2, 0.25) is 0 Å². The van der Waals surface area contributed by atoms with E-state index in [9.17, 15) is 0 Å². The van der Waals surface area contributed by atoms with Gasteiger partial charge in [-0.2, -0.15) is 0 Å². The van der Waals surface area contributed by atoms with Crippen molar-refractivity contribution in [3.05, 3.63) is 71.8 Å². The Bertz CT molecular complexity index is 681. The lowest BCUT2D eigenvalue weighted by Gasteiger charge is -2.21. The van der Waals surface area contributed by atoms with Crippen LogP contribution in [0.5, 0.6) is 0 Å². The predicted octanol–water partition coefficient (Wildman–Crippen LogP) is 4.33. The van der Waals surface area contributed by atoms with Crippen molar-refractivity contribution < 1.29 is 0 Å². The average Bonchev–Trinajstić information content (AvgIpc) is 3.20. The van der Waals surface area contributed by atoms with Crippen LogP contribution in [0.3, 0.4) is 0 Å². The fraction of sp³-hybridized carbons (Fsp3) is 0.458. The van der Waals surface area contributed by atoms with Crippen molar-refractivity contribution >= 4 is 29.9 Å². The van der Waals surface area contributed by atoms with Crippen LogP contribution in [0.1, 0.15) is 36.8 Å². The van der Waals surface area contributed by atoms with Gasteiger partial charge in [0.2, 0.25) is 0 Å². The number of nitrogens with zero attached hydrogens (tertiary/aromatic N) is 2. The first-order valence-electron chi connectivity index (χ1n) is 10.6. The van der Waals surface area contributed by atoms with Gasteiger partial charge in [-0.15, -0.1) is 24.0 Å². The first-order chi connectivity index (χ1) is 13.8. The van der Waals surface area contributed by atoms with Crippen molar-refractivity contribution in [3.63, 3.8) is 0 Å². The van der Waals surface area contributed by atoms with Crippen LogP contribution < -0.4 is 10.6 Å². The van der Waals surface area contributed by atoms with Crippen molar-refractivity contribution in [1.82, 2.24) is 15.5 Å². The molecule has 1 unspecified atom stereocenters. The Morgan fingerprint density at radius 1 is 1.03 bits per heavy atom. The summed E-state index contributed by atoms with van der Waals surface area (Å²) in [7, 11) is 1.85. The standard InChI is InChI=1S/C24H34N4.HI/c1-3-15-28-16-14-20(19-28)17-26-24(25-2)27-18-23(21-10-6-4-7-11-21)22-12-8-5-9-13-22;/h4-13,20,23H,3,14-19H2,1-2H3,(H2,25,26,27);1H. The van der Waals surface area contributed by atoms with Gasteiger partial charge < -0.3 is 15.5 Å². The molecule has 4 nitrogen and oxygen atoms in total. The summed E-state index contributed by atoms with van der Waals surface area (Å²) in [5, 5.41) is 7.10. The molecule has 0 radical (unpaired) electrons. The summed E-state index contributed by atoms with van der Waals surface area (Å²) in [6.07, 6.45) is 2.52. The van der Waals surface area contributed by atoms with Gasteiger partial charge in [-0.25, -0.2) is 0 Å². The van der Waals surface area contributed by atoms with Gasteiger partial charge in [0, 0.05) is 32.6 Å². The van der Waals surface area contributed by atoms with E-state index in [-0.39, 0.29) is 24.0 Å². The number of halogens is 1. The predicted molar refractivity (Wildman–Crippen MR) is 134 cm³/mol. The Hall–Kier alpha value is -1.60. The zero-order valence-corrected chi connectivity index (χ0v) is 20.0. The van der Waals surface area contributed by atoms with Crippen LogP contribution in [0.25, 0.3) is 0 Å². The van der Waals surface area contributed by atoms with Crippen LogP contribution >= 0.6 is 24.0 Å². The number of aliphatic imine (C=N–C) groups is 1. The first-order valence-corrected chi connectivity index (χ1v) is 10.6. The van der Waals surface area contributed by atoms with Gasteiger partial charge in [0.15, 0.2) is 5.96 Å². The maximum atomic E-state index is 4.44. The number of likely N-dealkylation sites (tertiary alicyclic amines) is 1. The third kappa shape index (κ3) is 7.30. The van der Waals surface area contributed by atoms with E-state index in [4.69, 9.17) is 0 Å². The largest absolute Gasteiger partial charge is 0.356 e. The Labute approximate surface area is 193 Å². The molecule has 3 rings (SSSR count). The fourth-order valence-corrected chi connectivity index (χ4v) is 4.06. The number of guanidine groups is 1. The van der Waals surface area contributed by atoms with Gasteiger partial charge in [-0.3, -0.25) is 4.99 Å². The lowest BCUT2D eigenvalue weighted by Crippen LogP contribution is -2.42. The van der Waals surface area contributed by atoms with Gasteiger partial charge >= 0.3 is 0 Å². The fourth-order valence-electron chi connectivity index (χ4n) is 4.06. The molecule has 1 aliphatic heterocycles. The Kier molecular flexibility index (Phi) is 10.5. The van der Waals surface area contributed by atoms with Crippen molar-refractivity contribution in [3.8, 4) is 0 Å². The molecular weight excluding hydrogens is 471 g/mol. The Morgan fingerprint density at radius 2 is 1.66 bits per heavy atom. The number of nitrogens with one attached hydrogen (secondary N) is 2. The van der Waals surface area contributed by atoms with E-state index in [0.717, 1.165) is 19.0 Å². The molecule has 5 heteroatoms. The highest BCUT2D eigenvalue weighted by atomic mass is 127. The molecule has 158 valence electrons. The minimum Gasteiger partial charge on any atom is -0.356 e. The quantitative estimate of drug-likeness (QED) is 0.318. The molecule has 0 saturated carbocycles. The molecule has 2 aromatic rings. The first kappa shape index (κ1) is 23.7. The molecule has 2 N–H and O–H groups in total. The van der Waals surface area contributed by atoms with E-state index >= 15 is 0 Å². The Morgan fingerprint density at radius 3 is 2.21 bits per heavy atom. The summed E-state index contributed by atoms with van der Waals surface area (Å²) in [5.74, 6) is 1.91. The second-order valence-electron chi connectivity index (χ2n) is 7.66. The van der Waals surface area contributed by atoms with Crippen LogP contribution in [-0.4, -0.2) is 50.6 Å².